The predicted octanol–water partition coefficient (Wildman–Crippen LogP) is 2.78. The lowest BCUT2D eigenvalue weighted by Crippen LogP contribution is -1.96. The molecular formula is C12H20N2O2. The lowest BCUT2D eigenvalue weighted by Gasteiger charge is -2.03. The number of isocyanates is 2. The van der Waals surface area contributed by atoms with E-state index in [0.29, 0.717) is 6.54 Å². The number of rotatable bonds is 10. The predicted molar refractivity (Wildman–Crippen MR) is 62.9 cm³/mol. The number of hydrogen-bond acceptors (Lipinski definition) is 4. The molecule has 0 heterocycles. The summed E-state index contributed by atoms with van der Waals surface area (Å²) >= 11 is 0. The summed E-state index contributed by atoms with van der Waals surface area (Å²) in [6, 6.07) is 0.111. The van der Waals surface area contributed by atoms with Crippen molar-refractivity contribution < 1.29 is 9.59 Å². The first-order valence-corrected chi connectivity index (χ1v) is 5.92. The first-order chi connectivity index (χ1) is 7.81. The molecule has 0 fully saturated rings. The molecule has 0 rings (SSSR count). The van der Waals surface area contributed by atoms with Gasteiger partial charge in [0.2, 0.25) is 12.2 Å². The summed E-state index contributed by atoms with van der Waals surface area (Å²) in [5, 5.41) is 0. The van der Waals surface area contributed by atoms with Crippen LogP contribution in [0.25, 0.3) is 0 Å². The van der Waals surface area contributed by atoms with Crippen LogP contribution < -0.4 is 0 Å². The molecule has 90 valence electrons. The third-order valence-electron chi connectivity index (χ3n) is 2.48. The highest BCUT2D eigenvalue weighted by molar-refractivity contribution is 5.33. The van der Waals surface area contributed by atoms with E-state index in [1.54, 1.807) is 6.08 Å². The van der Waals surface area contributed by atoms with Crippen molar-refractivity contribution in [2.24, 2.45) is 9.98 Å². The van der Waals surface area contributed by atoms with E-state index in [4.69, 9.17) is 0 Å². The summed E-state index contributed by atoms with van der Waals surface area (Å²) < 4.78 is 0. The minimum absolute atomic E-state index is 0.111. The topological polar surface area (TPSA) is 58.9 Å². The highest BCUT2D eigenvalue weighted by Crippen LogP contribution is 2.09. The molecule has 0 saturated heterocycles. The second kappa shape index (κ2) is 11.8. The number of hydrogen-bond donors (Lipinski definition) is 0. The first kappa shape index (κ1) is 14.8. The van der Waals surface area contributed by atoms with E-state index in [0.717, 1.165) is 25.7 Å². The molecule has 0 bridgehead atoms. The van der Waals surface area contributed by atoms with Crippen molar-refractivity contribution in [1.29, 1.82) is 0 Å². The standard InChI is InChI=1S/C12H20N2O2/c1-12(14-11-16)8-6-4-2-3-5-7-9-13-10-15/h12H,2-9H2,1H3. The maximum atomic E-state index is 9.95. The van der Waals surface area contributed by atoms with Crippen LogP contribution >= 0.6 is 0 Å². The van der Waals surface area contributed by atoms with Gasteiger partial charge in [0.25, 0.3) is 0 Å². The molecule has 16 heavy (non-hydrogen) atoms. The Morgan fingerprint density at radius 3 is 2.19 bits per heavy atom. The van der Waals surface area contributed by atoms with Crippen LogP contribution in [0.4, 0.5) is 0 Å². The first-order valence-electron chi connectivity index (χ1n) is 5.92. The zero-order valence-electron chi connectivity index (χ0n) is 9.95. The molecule has 0 spiro atoms. The SMILES string of the molecule is CC(CCCCCCCCN=C=O)N=C=O. The van der Waals surface area contributed by atoms with Crippen LogP contribution in [0.15, 0.2) is 9.98 Å². The second-order valence-electron chi connectivity index (χ2n) is 3.95. The van der Waals surface area contributed by atoms with Gasteiger partial charge in [-0.25, -0.2) is 19.6 Å². The molecule has 1 atom stereocenters. The quantitative estimate of drug-likeness (QED) is 0.325. The van der Waals surface area contributed by atoms with Gasteiger partial charge in [-0.3, -0.25) is 0 Å². The summed E-state index contributed by atoms with van der Waals surface area (Å²) in [7, 11) is 0. The van der Waals surface area contributed by atoms with Gasteiger partial charge in [0.15, 0.2) is 0 Å². The lowest BCUT2D eigenvalue weighted by molar-refractivity contribution is 0.535. The molecule has 0 aromatic heterocycles. The molecule has 4 heteroatoms. The van der Waals surface area contributed by atoms with Crippen molar-refractivity contribution in [2.75, 3.05) is 6.54 Å². The van der Waals surface area contributed by atoms with Crippen molar-refractivity contribution >= 4 is 12.2 Å². The third-order valence-corrected chi connectivity index (χ3v) is 2.48. The van der Waals surface area contributed by atoms with Gasteiger partial charge in [-0.2, -0.15) is 0 Å². The van der Waals surface area contributed by atoms with Crippen molar-refractivity contribution in [3.8, 4) is 0 Å². The minimum Gasteiger partial charge on any atom is -0.211 e. The molecule has 0 aliphatic rings. The summed E-state index contributed by atoms with van der Waals surface area (Å²) in [6.45, 7) is 2.54. The maximum Gasteiger partial charge on any atom is 0.235 e. The van der Waals surface area contributed by atoms with Crippen molar-refractivity contribution in [3.05, 3.63) is 0 Å². The average Bonchev–Trinajstić information content (AvgIpc) is 2.27. The van der Waals surface area contributed by atoms with Gasteiger partial charge in [0.05, 0.1) is 12.6 Å². The molecule has 0 N–H and O–H groups in total. The van der Waals surface area contributed by atoms with Gasteiger partial charge in [0, 0.05) is 0 Å². The van der Waals surface area contributed by atoms with Crippen LogP contribution in [0.5, 0.6) is 0 Å². The summed E-state index contributed by atoms with van der Waals surface area (Å²) in [4.78, 5) is 26.8. The Labute approximate surface area is 96.9 Å². The Morgan fingerprint density at radius 2 is 1.56 bits per heavy atom. The Kier molecular flexibility index (Phi) is 10.9. The largest absolute Gasteiger partial charge is 0.235 e. The van der Waals surface area contributed by atoms with E-state index in [-0.39, 0.29) is 6.04 Å². The van der Waals surface area contributed by atoms with Crippen molar-refractivity contribution in [3.63, 3.8) is 0 Å². The van der Waals surface area contributed by atoms with E-state index >= 15 is 0 Å². The van der Waals surface area contributed by atoms with Gasteiger partial charge in [-0.15, -0.1) is 0 Å². The van der Waals surface area contributed by atoms with Gasteiger partial charge < -0.3 is 0 Å². The van der Waals surface area contributed by atoms with Crippen LogP contribution in [0.3, 0.4) is 0 Å². The zero-order chi connectivity index (χ0) is 12.1. The fourth-order valence-corrected chi connectivity index (χ4v) is 1.54. The lowest BCUT2D eigenvalue weighted by atomic mass is 10.1. The highest BCUT2D eigenvalue weighted by Gasteiger charge is 1.98. The second-order valence-corrected chi connectivity index (χ2v) is 3.95. The monoisotopic (exact) mass is 224 g/mol. The van der Waals surface area contributed by atoms with E-state index in [1.807, 2.05) is 6.92 Å². The molecule has 0 saturated carbocycles. The molecule has 0 aliphatic heterocycles. The van der Waals surface area contributed by atoms with Crippen LogP contribution in [0.2, 0.25) is 0 Å². The summed E-state index contributed by atoms with van der Waals surface area (Å²) in [5.74, 6) is 0. The zero-order valence-corrected chi connectivity index (χ0v) is 9.95. The molecule has 1 unspecified atom stereocenters. The van der Waals surface area contributed by atoms with E-state index in [9.17, 15) is 9.59 Å². The molecule has 0 aliphatic carbocycles. The smallest absolute Gasteiger partial charge is 0.211 e. The number of aliphatic imine (C=N–C) groups is 2. The van der Waals surface area contributed by atoms with Crippen LogP contribution in [0.1, 0.15) is 51.9 Å². The van der Waals surface area contributed by atoms with Crippen LogP contribution in [-0.2, 0) is 9.59 Å². The number of nitrogens with zero attached hydrogens (tertiary/aromatic N) is 2. The van der Waals surface area contributed by atoms with E-state index in [1.165, 1.54) is 25.3 Å². The Balaban J connectivity index is 3.15. The van der Waals surface area contributed by atoms with Crippen molar-refractivity contribution in [1.82, 2.24) is 0 Å². The van der Waals surface area contributed by atoms with Gasteiger partial charge >= 0.3 is 0 Å². The van der Waals surface area contributed by atoms with E-state index < -0.39 is 0 Å². The van der Waals surface area contributed by atoms with Crippen molar-refractivity contribution in [2.45, 2.75) is 57.9 Å². The Morgan fingerprint density at radius 1 is 0.938 bits per heavy atom. The van der Waals surface area contributed by atoms with Gasteiger partial charge in [0.1, 0.15) is 0 Å². The Bertz CT molecular complexity index is 254. The molecule has 4 nitrogen and oxygen atoms in total. The fourth-order valence-electron chi connectivity index (χ4n) is 1.54. The third kappa shape index (κ3) is 10.8. The van der Waals surface area contributed by atoms with Crippen LogP contribution in [0, 0.1) is 0 Å². The van der Waals surface area contributed by atoms with Gasteiger partial charge in [-0.1, -0.05) is 32.1 Å². The normalized spacial score (nSPS) is 11.3. The molecule has 0 aromatic rings. The van der Waals surface area contributed by atoms with Crippen LogP contribution in [-0.4, -0.2) is 24.7 Å². The molecule has 0 radical (unpaired) electrons. The fraction of sp³-hybridized carbons (Fsp3) is 0.833. The summed E-state index contributed by atoms with van der Waals surface area (Å²) in [6.07, 6.45) is 10.8. The molecule has 0 amide bonds. The van der Waals surface area contributed by atoms with Gasteiger partial charge in [-0.05, 0) is 19.8 Å². The molecule has 0 aromatic carbocycles. The minimum atomic E-state index is 0.111. The number of unbranched alkanes of at least 4 members (excludes halogenated alkanes) is 5. The average molecular weight is 224 g/mol. The maximum absolute atomic E-state index is 9.95. The van der Waals surface area contributed by atoms with E-state index in [2.05, 4.69) is 9.98 Å². The Hall–Kier alpha value is -1.24. The molecular weight excluding hydrogens is 204 g/mol. The summed E-state index contributed by atoms with van der Waals surface area (Å²) in [5.41, 5.74) is 0. The highest BCUT2D eigenvalue weighted by atomic mass is 16.1. The number of carbonyl (C=O) groups excluding carboxylic acids is 2.